The van der Waals surface area contributed by atoms with Crippen LogP contribution in [0.15, 0.2) is 54.9 Å². The summed E-state index contributed by atoms with van der Waals surface area (Å²) < 4.78 is 16.8. The zero-order valence-corrected chi connectivity index (χ0v) is 18.3. The number of carbonyl (C=O) groups excluding carboxylic acids is 1. The van der Waals surface area contributed by atoms with Crippen molar-refractivity contribution in [3.63, 3.8) is 0 Å². The minimum absolute atomic E-state index is 0.104. The van der Waals surface area contributed by atoms with Crippen LogP contribution >= 0.6 is 0 Å². The van der Waals surface area contributed by atoms with Crippen LogP contribution < -0.4 is 4.90 Å². The van der Waals surface area contributed by atoms with Gasteiger partial charge in [0.1, 0.15) is 11.4 Å². The van der Waals surface area contributed by atoms with Crippen molar-refractivity contribution >= 4 is 11.6 Å². The van der Waals surface area contributed by atoms with Crippen LogP contribution in [0, 0.1) is 5.82 Å². The van der Waals surface area contributed by atoms with Gasteiger partial charge >= 0.3 is 0 Å². The van der Waals surface area contributed by atoms with E-state index in [0.29, 0.717) is 11.6 Å². The molecule has 1 saturated heterocycles. The predicted octanol–water partition coefficient (Wildman–Crippen LogP) is 4.62. The first kappa shape index (κ1) is 19.7. The van der Waals surface area contributed by atoms with E-state index in [1.807, 2.05) is 37.5 Å². The number of benzene rings is 2. The van der Waals surface area contributed by atoms with Crippen LogP contribution in [-0.4, -0.2) is 33.2 Å². The van der Waals surface area contributed by atoms with Gasteiger partial charge in [0.2, 0.25) is 0 Å². The average molecular weight is 431 g/mol. The lowest BCUT2D eigenvalue weighted by molar-refractivity contribution is -0.143. The molecule has 3 aliphatic rings. The van der Waals surface area contributed by atoms with Gasteiger partial charge in [0, 0.05) is 48.2 Å². The van der Waals surface area contributed by atoms with Crippen LogP contribution in [0.4, 0.5) is 10.1 Å². The zero-order chi connectivity index (χ0) is 21.9. The number of nitrogens with zero attached hydrogens (tertiary/aromatic N) is 4. The third-order valence-corrected chi connectivity index (χ3v) is 7.63. The topological polar surface area (TPSA) is 41.4 Å². The van der Waals surface area contributed by atoms with E-state index in [2.05, 4.69) is 16.1 Å². The molecule has 32 heavy (non-hydrogen) atoms. The minimum Gasteiger partial charge on any atom is -0.306 e. The molecule has 164 valence electrons. The van der Waals surface area contributed by atoms with Crippen LogP contribution in [-0.2, 0) is 23.9 Å². The van der Waals surface area contributed by atoms with Crippen molar-refractivity contribution in [2.45, 2.75) is 50.2 Å². The van der Waals surface area contributed by atoms with Gasteiger partial charge in [0.25, 0.3) is 5.91 Å². The summed E-state index contributed by atoms with van der Waals surface area (Å²) in [6.45, 7) is 1.21. The molecule has 1 aromatic heterocycles. The fourth-order valence-corrected chi connectivity index (χ4v) is 5.95. The molecule has 5 nitrogen and oxygen atoms in total. The summed E-state index contributed by atoms with van der Waals surface area (Å²) in [5, 5.41) is 4.17. The van der Waals surface area contributed by atoms with E-state index in [9.17, 15) is 4.79 Å². The van der Waals surface area contributed by atoms with Crippen molar-refractivity contribution in [2.24, 2.45) is 7.05 Å². The summed E-state index contributed by atoms with van der Waals surface area (Å²) in [6, 6.07) is 13.8. The molecule has 2 fully saturated rings. The molecule has 2 aliphatic heterocycles. The number of likely N-dealkylation sites (tertiary alicyclic amines) is 1. The van der Waals surface area contributed by atoms with E-state index in [4.69, 9.17) is 0 Å². The third-order valence-electron chi connectivity index (χ3n) is 7.63. The molecule has 3 aromatic rings. The first-order valence-electron chi connectivity index (χ1n) is 11.5. The highest BCUT2D eigenvalue weighted by Gasteiger charge is 2.61. The standard InChI is InChI=1S/C26H27FN4O/c1-29-16-20(15-28-29)18-10-11-19(23(27)14-18)17-30-24-9-5-4-8-22(24)26(25(30)32)12-13-31(26)21-6-2-3-7-21/h4-5,8-11,14-16,21H,2-3,6-7,12-13,17H2,1H3. The van der Waals surface area contributed by atoms with Crippen LogP contribution in [0.5, 0.6) is 0 Å². The molecule has 1 spiro atoms. The van der Waals surface area contributed by atoms with Crippen molar-refractivity contribution in [3.8, 4) is 11.1 Å². The summed E-state index contributed by atoms with van der Waals surface area (Å²) in [6.07, 6.45) is 9.26. The number of halogens is 1. The molecule has 6 rings (SSSR count). The monoisotopic (exact) mass is 430 g/mol. The van der Waals surface area contributed by atoms with Gasteiger partial charge in [-0.05, 0) is 37.0 Å². The maximum Gasteiger partial charge on any atom is 0.252 e. The third kappa shape index (κ3) is 2.78. The van der Waals surface area contributed by atoms with E-state index in [-0.39, 0.29) is 18.3 Å². The second-order valence-electron chi connectivity index (χ2n) is 9.36. The van der Waals surface area contributed by atoms with Gasteiger partial charge < -0.3 is 4.90 Å². The Morgan fingerprint density at radius 3 is 2.62 bits per heavy atom. The fraction of sp³-hybridized carbons (Fsp3) is 0.385. The van der Waals surface area contributed by atoms with Gasteiger partial charge in [0.05, 0.1) is 12.7 Å². The minimum atomic E-state index is -0.558. The Bertz CT molecular complexity index is 1200. The molecule has 1 amide bonds. The molecular weight excluding hydrogens is 403 g/mol. The van der Waals surface area contributed by atoms with Crippen LogP contribution in [0.2, 0.25) is 0 Å². The number of aromatic nitrogens is 2. The van der Waals surface area contributed by atoms with E-state index in [1.54, 1.807) is 27.9 Å². The normalized spacial score (nSPS) is 23.2. The van der Waals surface area contributed by atoms with Crippen molar-refractivity contribution in [3.05, 3.63) is 71.8 Å². The van der Waals surface area contributed by atoms with Gasteiger partial charge in [0.15, 0.2) is 0 Å². The van der Waals surface area contributed by atoms with Gasteiger partial charge in [-0.1, -0.05) is 43.2 Å². The molecule has 6 heteroatoms. The summed E-state index contributed by atoms with van der Waals surface area (Å²) >= 11 is 0. The van der Waals surface area contributed by atoms with E-state index in [0.717, 1.165) is 35.3 Å². The SMILES string of the molecule is Cn1cc(-c2ccc(CN3C(=O)C4(CCN4C4CCCC4)c4ccccc43)c(F)c2)cn1. The zero-order valence-electron chi connectivity index (χ0n) is 18.3. The number of anilines is 1. The predicted molar refractivity (Wildman–Crippen MR) is 121 cm³/mol. The lowest BCUT2D eigenvalue weighted by atomic mass is 9.77. The number of para-hydroxylation sites is 1. The van der Waals surface area contributed by atoms with Crippen molar-refractivity contribution < 1.29 is 9.18 Å². The van der Waals surface area contributed by atoms with Gasteiger partial charge in [-0.3, -0.25) is 14.4 Å². The van der Waals surface area contributed by atoms with E-state index >= 15 is 4.39 Å². The van der Waals surface area contributed by atoms with Gasteiger partial charge in [-0.2, -0.15) is 5.10 Å². The second-order valence-corrected chi connectivity index (χ2v) is 9.36. The Kier molecular flexibility index (Phi) is 4.47. The largest absolute Gasteiger partial charge is 0.306 e. The summed E-state index contributed by atoms with van der Waals surface area (Å²) in [4.78, 5) is 18.1. The van der Waals surface area contributed by atoms with E-state index in [1.165, 1.54) is 25.7 Å². The molecule has 0 N–H and O–H groups in total. The van der Waals surface area contributed by atoms with Gasteiger partial charge in [-0.25, -0.2) is 4.39 Å². The number of fused-ring (bicyclic) bond motifs is 2. The summed E-state index contributed by atoms with van der Waals surface area (Å²) in [7, 11) is 1.84. The lowest BCUT2D eigenvalue weighted by Gasteiger charge is -2.52. The van der Waals surface area contributed by atoms with Crippen LogP contribution in [0.25, 0.3) is 11.1 Å². The van der Waals surface area contributed by atoms with Crippen LogP contribution in [0.1, 0.15) is 43.2 Å². The number of aryl methyl sites for hydroxylation is 1. The van der Waals surface area contributed by atoms with Crippen molar-refractivity contribution in [1.82, 2.24) is 14.7 Å². The Morgan fingerprint density at radius 1 is 1.12 bits per heavy atom. The quantitative estimate of drug-likeness (QED) is 0.607. The highest BCUT2D eigenvalue weighted by molar-refractivity contribution is 6.08. The number of hydrogen-bond acceptors (Lipinski definition) is 3. The molecule has 0 bridgehead atoms. The smallest absolute Gasteiger partial charge is 0.252 e. The Labute approximate surface area is 187 Å². The highest BCUT2D eigenvalue weighted by Crippen LogP contribution is 2.53. The molecule has 1 saturated carbocycles. The summed E-state index contributed by atoms with van der Waals surface area (Å²) in [5.74, 6) is -0.188. The Hall–Kier alpha value is -2.99. The molecule has 1 unspecified atom stereocenters. The molecule has 1 atom stereocenters. The van der Waals surface area contributed by atoms with Crippen LogP contribution in [0.3, 0.4) is 0 Å². The fourth-order valence-electron chi connectivity index (χ4n) is 5.95. The number of rotatable bonds is 4. The molecular formula is C26H27FN4O. The van der Waals surface area contributed by atoms with Gasteiger partial charge in [-0.15, -0.1) is 0 Å². The first-order chi connectivity index (χ1) is 15.6. The molecule has 1 aliphatic carbocycles. The molecule has 0 radical (unpaired) electrons. The van der Waals surface area contributed by atoms with E-state index < -0.39 is 5.54 Å². The maximum atomic E-state index is 15.1. The first-order valence-corrected chi connectivity index (χ1v) is 11.5. The Balaban J connectivity index is 1.33. The van der Waals surface area contributed by atoms with Crippen molar-refractivity contribution in [1.29, 1.82) is 0 Å². The maximum absolute atomic E-state index is 15.1. The number of amides is 1. The van der Waals surface area contributed by atoms with Crippen molar-refractivity contribution in [2.75, 3.05) is 11.4 Å². The molecule has 3 heterocycles. The second kappa shape index (κ2) is 7.27. The average Bonchev–Trinajstić information content (AvgIpc) is 3.49. The number of carbonyl (C=O) groups is 1. The highest BCUT2D eigenvalue weighted by atomic mass is 19.1. The summed E-state index contributed by atoms with van der Waals surface area (Å²) in [5.41, 5.74) is 3.66. The number of hydrogen-bond donors (Lipinski definition) is 0. The lowest BCUT2D eigenvalue weighted by Crippen LogP contribution is -2.65. The Morgan fingerprint density at radius 2 is 1.94 bits per heavy atom. The molecule has 2 aromatic carbocycles.